The quantitative estimate of drug-likeness (QED) is 0.508. The monoisotopic (exact) mass is 385 g/mol. The zero-order chi connectivity index (χ0) is 19.5. The van der Waals surface area contributed by atoms with Gasteiger partial charge in [-0.25, -0.2) is 4.98 Å². The van der Waals surface area contributed by atoms with Crippen molar-refractivity contribution in [3.05, 3.63) is 83.8 Å². The van der Waals surface area contributed by atoms with Crippen LogP contribution in [0.4, 0.5) is 5.69 Å². The van der Waals surface area contributed by atoms with Crippen LogP contribution < -0.4 is 5.32 Å². The van der Waals surface area contributed by atoms with Crippen molar-refractivity contribution in [2.75, 3.05) is 5.32 Å². The molecule has 1 amide bonds. The zero-order valence-electron chi connectivity index (χ0n) is 15.0. The largest absolute Gasteiger partial charge is 0.459 e. The van der Waals surface area contributed by atoms with Crippen molar-refractivity contribution in [2.24, 2.45) is 0 Å². The van der Waals surface area contributed by atoms with Gasteiger partial charge in [0.1, 0.15) is 11.1 Å². The number of hydrogen-bond donors (Lipinski definition) is 1. The Labute approximate surface area is 166 Å². The molecule has 1 N–H and O–H groups in total. The summed E-state index contributed by atoms with van der Waals surface area (Å²) in [5, 5.41) is 14.1. The van der Waals surface area contributed by atoms with E-state index >= 15 is 0 Å². The Bertz CT molecular complexity index is 1210. The molecular formula is C22H15N3O2S. The minimum absolute atomic E-state index is 0.234. The van der Waals surface area contributed by atoms with Gasteiger partial charge in [0.2, 0.25) is 0 Å². The van der Waals surface area contributed by atoms with E-state index in [2.05, 4.69) is 16.4 Å². The van der Waals surface area contributed by atoms with E-state index < -0.39 is 0 Å². The Morgan fingerprint density at radius 1 is 1.11 bits per heavy atom. The lowest BCUT2D eigenvalue weighted by molar-refractivity contribution is 0.0996. The lowest BCUT2D eigenvalue weighted by Crippen LogP contribution is -2.11. The maximum atomic E-state index is 12.3. The van der Waals surface area contributed by atoms with Crippen LogP contribution in [-0.2, 0) is 0 Å². The second kappa shape index (κ2) is 7.59. The van der Waals surface area contributed by atoms with Crippen molar-refractivity contribution in [1.29, 1.82) is 5.26 Å². The van der Waals surface area contributed by atoms with Crippen LogP contribution in [0.25, 0.3) is 10.9 Å². The normalized spacial score (nSPS) is 10.6. The number of nitriles is 1. The highest BCUT2D eigenvalue weighted by atomic mass is 32.2. The molecule has 5 nitrogen and oxygen atoms in total. The fourth-order valence-electron chi connectivity index (χ4n) is 2.91. The topological polar surface area (TPSA) is 78.9 Å². The Kier molecular flexibility index (Phi) is 4.83. The van der Waals surface area contributed by atoms with Crippen LogP contribution in [0, 0.1) is 18.3 Å². The van der Waals surface area contributed by atoms with Crippen molar-refractivity contribution in [1.82, 2.24) is 4.98 Å². The summed E-state index contributed by atoms with van der Waals surface area (Å²) in [5.74, 6) is -0.0987. The Hall–Kier alpha value is -3.56. The van der Waals surface area contributed by atoms with Gasteiger partial charge in [-0.2, -0.15) is 5.26 Å². The molecule has 0 saturated heterocycles. The first kappa shape index (κ1) is 17.8. The number of furan rings is 1. The van der Waals surface area contributed by atoms with E-state index in [1.165, 1.54) is 18.0 Å². The van der Waals surface area contributed by atoms with E-state index in [1.807, 2.05) is 55.5 Å². The first-order chi connectivity index (χ1) is 13.7. The van der Waals surface area contributed by atoms with Crippen LogP contribution >= 0.6 is 11.8 Å². The molecule has 0 fully saturated rings. The maximum absolute atomic E-state index is 12.3. The van der Waals surface area contributed by atoms with Crippen molar-refractivity contribution >= 4 is 34.3 Å². The van der Waals surface area contributed by atoms with Crippen LogP contribution in [0.3, 0.4) is 0 Å². The summed E-state index contributed by atoms with van der Waals surface area (Å²) >= 11 is 1.35. The molecule has 0 radical (unpaired) electrons. The summed E-state index contributed by atoms with van der Waals surface area (Å²) in [6.07, 6.45) is 1.45. The number of pyridine rings is 1. The van der Waals surface area contributed by atoms with Gasteiger partial charge in [-0.05, 0) is 42.8 Å². The molecule has 6 heteroatoms. The number of nitrogens with one attached hydrogen (secondary N) is 1. The molecule has 0 atom stereocenters. The van der Waals surface area contributed by atoms with Gasteiger partial charge in [0, 0.05) is 10.3 Å². The van der Waals surface area contributed by atoms with Crippen LogP contribution in [0.15, 0.2) is 81.3 Å². The van der Waals surface area contributed by atoms with Crippen molar-refractivity contribution in [3.63, 3.8) is 0 Å². The minimum Gasteiger partial charge on any atom is -0.459 e. The number of carbonyl (C=O) groups is 1. The SMILES string of the molecule is Cc1c(C#N)c(Sc2ccccc2NC(=O)c2ccco2)nc2ccccc12. The molecule has 4 rings (SSSR count). The molecular weight excluding hydrogens is 370 g/mol. The Morgan fingerprint density at radius 3 is 2.68 bits per heavy atom. The molecule has 0 aliphatic rings. The molecule has 0 aliphatic carbocycles. The molecule has 0 spiro atoms. The van der Waals surface area contributed by atoms with Gasteiger partial charge in [0.25, 0.3) is 5.91 Å². The van der Waals surface area contributed by atoms with Gasteiger partial charge in [-0.15, -0.1) is 0 Å². The predicted octanol–water partition coefficient (Wildman–Crippen LogP) is 5.41. The van der Waals surface area contributed by atoms with Gasteiger partial charge in [-0.1, -0.05) is 42.1 Å². The number of rotatable bonds is 4. The molecule has 2 heterocycles. The number of benzene rings is 2. The standard InChI is InChI=1S/C22H15N3O2S/c1-14-15-7-2-3-8-17(15)25-22(16(14)13-23)28-20-11-5-4-9-18(20)24-21(26)19-10-6-12-27-19/h2-12H,1H3,(H,24,26). The third-order valence-electron chi connectivity index (χ3n) is 4.32. The van der Waals surface area contributed by atoms with Crippen LogP contribution in [0.1, 0.15) is 21.7 Å². The molecule has 0 bridgehead atoms. The van der Waals surface area contributed by atoms with Gasteiger partial charge in [-0.3, -0.25) is 4.79 Å². The van der Waals surface area contributed by atoms with Gasteiger partial charge < -0.3 is 9.73 Å². The van der Waals surface area contributed by atoms with Crippen molar-refractivity contribution in [2.45, 2.75) is 16.8 Å². The summed E-state index contributed by atoms with van der Waals surface area (Å²) < 4.78 is 5.15. The number of carbonyl (C=O) groups excluding carboxylic acids is 1. The number of aryl methyl sites for hydroxylation is 1. The maximum Gasteiger partial charge on any atom is 0.291 e. The summed E-state index contributed by atoms with van der Waals surface area (Å²) in [5.41, 5.74) is 2.90. The van der Waals surface area contributed by atoms with Crippen LogP contribution in [0.2, 0.25) is 0 Å². The molecule has 2 aromatic carbocycles. The second-order valence-corrected chi connectivity index (χ2v) is 7.11. The highest BCUT2D eigenvalue weighted by Gasteiger charge is 2.16. The number of fused-ring (bicyclic) bond motifs is 1. The smallest absolute Gasteiger partial charge is 0.291 e. The molecule has 0 unspecified atom stereocenters. The number of hydrogen-bond acceptors (Lipinski definition) is 5. The fraction of sp³-hybridized carbons (Fsp3) is 0.0455. The predicted molar refractivity (Wildman–Crippen MR) is 108 cm³/mol. The van der Waals surface area contributed by atoms with Gasteiger partial charge in [0.05, 0.1) is 23.0 Å². The first-order valence-electron chi connectivity index (χ1n) is 8.58. The fourth-order valence-corrected chi connectivity index (χ4v) is 3.94. The first-order valence-corrected chi connectivity index (χ1v) is 9.40. The van der Waals surface area contributed by atoms with E-state index in [0.29, 0.717) is 16.3 Å². The highest BCUT2D eigenvalue weighted by Crippen LogP contribution is 2.37. The Morgan fingerprint density at radius 2 is 1.89 bits per heavy atom. The molecule has 136 valence electrons. The summed E-state index contributed by atoms with van der Waals surface area (Å²) in [6.45, 7) is 1.93. The Balaban J connectivity index is 1.72. The molecule has 0 saturated carbocycles. The highest BCUT2D eigenvalue weighted by molar-refractivity contribution is 7.99. The average molecular weight is 385 g/mol. The van der Waals surface area contributed by atoms with E-state index in [1.54, 1.807) is 12.1 Å². The third-order valence-corrected chi connectivity index (χ3v) is 5.38. The van der Waals surface area contributed by atoms with E-state index in [-0.39, 0.29) is 11.7 Å². The van der Waals surface area contributed by atoms with E-state index in [9.17, 15) is 10.1 Å². The number of anilines is 1. The number of amides is 1. The minimum atomic E-state index is -0.332. The number of aromatic nitrogens is 1. The molecule has 0 aliphatic heterocycles. The number of para-hydroxylation sites is 2. The molecule has 28 heavy (non-hydrogen) atoms. The number of nitrogens with zero attached hydrogens (tertiary/aromatic N) is 2. The van der Waals surface area contributed by atoms with Crippen LogP contribution in [0.5, 0.6) is 0 Å². The summed E-state index contributed by atoms with van der Waals surface area (Å²) in [6, 6.07) is 20.7. The summed E-state index contributed by atoms with van der Waals surface area (Å²) in [4.78, 5) is 17.8. The molecule has 2 aromatic heterocycles. The lowest BCUT2D eigenvalue weighted by Gasteiger charge is -2.12. The van der Waals surface area contributed by atoms with E-state index in [4.69, 9.17) is 4.42 Å². The van der Waals surface area contributed by atoms with Crippen molar-refractivity contribution < 1.29 is 9.21 Å². The third kappa shape index (κ3) is 3.36. The second-order valence-electron chi connectivity index (χ2n) is 6.08. The zero-order valence-corrected chi connectivity index (χ0v) is 15.8. The van der Waals surface area contributed by atoms with Crippen molar-refractivity contribution in [3.8, 4) is 6.07 Å². The van der Waals surface area contributed by atoms with E-state index in [0.717, 1.165) is 21.4 Å². The van der Waals surface area contributed by atoms with Gasteiger partial charge >= 0.3 is 0 Å². The molecule has 4 aromatic rings. The van der Waals surface area contributed by atoms with Gasteiger partial charge in [0.15, 0.2) is 5.76 Å². The van der Waals surface area contributed by atoms with Crippen LogP contribution in [-0.4, -0.2) is 10.9 Å². The average Bonchev–Trinajstić information content (AvgIpc) is 3.25. The summed E-state index contributed by atoms with van der Waals surface area (Å²) in [7, 11) is 0. The lowest BCUT2D eigenvalue weighted by atomic mass is 10.1.